The van der Waals surface area contributed by atoms with E-state index in [4.69, 9.17) is 19.9 Å². The second-order valence-corrected chi connectivity index (χ2v) is 4.76. The molecule has 0 spiro atoms. The van der Waals surface area contributed by atoms with Crippen molar-refractivity contribution in [1.29, 1.82) is 0 Å². The number of carbonyl (C=O) groups is 1. The van der Waals surface area contributed by atoms with Gasteiger partial charge in [0.1, 0.15) is 17.2 Å². The molecule has 0 aromatic heterocycles. The SMILES string of the molecule is COc1ccc(OC)c(/C=C/C(=O)c2ccc(OC)c(N)c2)c1. The molecule has 0 atom stereocenters. The summed E-state index contributed by atoms with van der Waals surface area (Å²) in [6, 6.07) is 10.3. The molecule has 120 valence electrons. The van der Waals surface area contributed by atoms with Gasteiger partial charge in [-0.1, -0.05) is 0 Å². The first kappa shape index (κ1) is 16.4. The molecule has 0 bridgehead atoms. The number of benzene rings is 2. The summed E-state index contributed by atoms with van der Waals surface area (Å²) in [4.78, 5) is 12.3. The number of nitrogen functional groups attached to an aromatic ring is 1. The van der Waals surface area contributed by atoms with E-state index in [-0.39, 0.29) is 5.78 Å². The zero-order valence-corrected chi connectivity index (χ0v) is 13.3. The van der Waals surface area contributed by atoms with Gasteiger partial charge in [-0.25, -0.2) is 0 Å². The Labute approximate surface area is 135 Å². The Morgan fingerprint density at radius 1 is 0.957 bits per heavy atom. The molecular formula is C18H19NO4. The Morgan fingerprint density at radius 2 is 1.65 bits per heavy atom. The fraction of sp³-hybridized carbons (Fsp3) is 0.167. The monoisotopic (exact) mass is 313 g/mol. The third-order valence-electron chi connectivity index (χ3n) is 3.37. The number of anilines is 1. The van der Waals surface area contributed by atoms with Crippen molar-refractivity contribution in [2.45, 2.75) is 0 Å². The van der Waals surface area contributed by atoms with Gasteiger partial charge >= 0.3 is 0 Å². The van der Waals surface area contributed by atoms with E-state index in [0.29, 0.717) is 28.5 Å². The molecule has 5 heteroatoms. The Morgan fingerprint density at radius 3 is 2.26 bits per heavy atom. The first-order valence-electron chi connectivity index (χ1n) is 6.97. The third kappa shape index (κ3) is 3.83. The Kier molecular flexibility index (Phi) is 5.25. The number of hydrogen-bond donors (Lipinski definition) is 1. The van der Waals surface area contributed by atoms with Crippen molar-refractivity contribution in [3.05, 3.63) is 53.6 Å². The Bertz CT molecular complexity index is 738. The minimum atomic E-state index is -0.163. The minimum Gasteiger partial charge on any atom is -0.497 e. The molecule has 0 heterocycles. The minimum absolute atomic E-state index is 0.163. The summed E-state index contributed by atoms with van der Waals surface area (Å²) >= 11 is 0. The predicted octanol–water partition coefficient (Wildman–Crippen LogP) is 3.19. The molecule has 0 fully saturated rings. The molecule has 0 amide bonds. The van der Waals surface area contributed by atoms with Gasteiger partial charge in [-0.3, -0.25) is 4.79 Å². The summed E-state index contributed by atoms with van der Waals surface area (Å²) in [5.74, 6) is 1.72. The first-order valence-corrected chi connectivity index (χ1v) is 6.97. The first-order chi connectivity index (χ1) is 11.1. The molecule has 0 saturated carbocycles. The van der Waals surface area contributed by atoms with Crippen LogP contribution in [0.5, 0.6) is 17.2 Å². The van der Waals surface area contributed by atoms with Gasteiger partial charge in [-0.2, -0.15) is 0 Å². The molecule has 5 nitrogen and oxygen atoms in total. The number of nitrogens with two attached hydrogens (primary N) is 1. The summed E-state index contributed by atoms with van der Waals surface area (Å²) < 4.78 is 15.5. The van der Waals surface area contributed by atoms with Crippen LogP contribution in [0.15, 0.2) is 42.5 Å². The van der Waals surface area contributed by atoms with Crippen molar-refractivity contribution >= 4 is 17.5 Å². The lowest BCUT2D eigenvalue weighted by Crippen LogP contribution is -1.98. The standard InChI is InChI=1S/C18H19NO4/c1-21-14-6-9-17(22-2)13(10-14)4-7-16(20)12-5-8-18(23-3)15(19)11-12/h4-11H,19H2,1-3H3/b7-4+. The molecule has 2 aromatic carbocycles. The average molecular weight is 313 g/mol. The fourth-order valence-electron chi connectivity index (χ4n) is 2.12. The lowest BCUT2D eigenvalue weighted by Gasteiger charge is -2.07. The predicted molar refractivity (Wildman–Crippen MR) is 90.3 cm³/mol. The van der Waals surface area contributed by atoms with Crippen LogP contribution in [-0.2, 0) is 0 Å². The van der Waals surface area contributed by atoms with Crippen molar-refractivity contribution in [2.75, 3.05) is 27.1 Å². The zero-order valence-electron chi connectivity index (χ0n) is 13.3. The highest BCUT2D eigenvalue weighted by Gasteiger charge is 2.07. The molecule has 0 aliphatic rings. The third-order valence-corrected chi connectivity index (χ3v) is 3.37. The summed E-state index contributed by atoms with van der Waals surface area (Å²) in [6.07, 6.45) is 3.16. The Balaban J connectivity index is 2.26. The summed E-state index contributed by atoms with van der Waals surface area (Å²) in [5, 5.41) is 0. The van der Waals surface area contributed by atoms with E-state index >= 15 is 0 Å². The van der Waals surface area contributed by atoms with Gasteiger partial charge in [0, 0.05) is 11.1 Å². The molecule has 2 rings (SSSR count). The number of methoxy groups -OCH3 is 3. The normalized spacial score (nSPS) is 10.6. The highest BCUT2D eigenvalue weighted by Crippen LogP contribution is 2.26. The smallest absolute Gasteiger partial charge is 0.185 e. The molecule has 0 aliphatic carbocycles. The van der Waals surface area contributed by atoms with Gasteiger partial charge in [0.25, 0.3) is 0 Å². The second-order valence-electron chi connectivity index (χ2n) is 4.76. The number of carbonyl (C=O) groups excluding carboxylic acids is 1. The van der Waals surface area contributed by atoms with Crippen molar-refractivity contribution in [1.82, 2.24) is 0 Å². The van der Waals surface area contributed by atoms with Gasteiger partial charge in [0.15, 0.2) is 5.78 Å². The molecular weight excluding hydrogens is 294 g/mol. The van der Waals surface area contributed by atoms with Crippen LogP contribution in [0.4, 0.5) is 5.69 Å². The average Bonchev–Trinajstić information content (AvgIpc) is 2.59. The van der Waals surface area contributed by atoms with Crippen LogP contribution < -0.4 is 19.9 Å². The summed E-state index contributed by atoms with van der Waals surface area (Å²) in [5.41, 5.74) is 7.48. The maximum atomic E-state index is 12.3. The number of rotatable bonds is 6. The van der Waals surface area contributed by atoms with Crippen molar-refractivity contribution < 1.29 is 19.0 Å². The molecule has 0 saturated heterocycles. The van der Waals surface area contributed by atoms with Crippen molar-refractivity contribution in [2.24, 2.45) is 0 Å². The van der Waals surface area contributed by atoms with Gasteiger partial charge in [0.05, 0.1) is 27.0 Å². The highest BCUT2D eigenvalue weighted by atomic mass is 16.5. The number of hydrogen-bond acceptors (Lipinski definition) is 5. The van der Waals surface area contributed by atoms with Crippen LogP contribution in [0.1, 0.15) is 15.9 Å². The van der Waals surface area contributed by atoms with Crippen LogP contribution in [0.3, 0.4) is 0 Å². The van der Waals surface area contributed by atoms with E-state index in [1.165, 1.54) is 13.2 Å². The number of ketones is 1. The molecule has 2 aromatic rings. The summed E-state index contributed by atoms with van der Waals surface area (Å²) in [6.45, 7) is 0. The lowest BCUT2D eigenvalue weighted by molar-refractivity contribution is 0.104. The van der Waals surface area contributed by atoms with Crippen molar-refractivity contribution in [3.63, 3.8) is 0 Å². The topological polar surface area (TPSA) is 70.8 Å². The fourth-order valence-corrected chi connectivity index (χ4v) is 2.12. The molecule has 0 aliphatic heterocycles. The number of allylic oxidation sites excluding steroid dienone is 1. The van der Waals surface area contributed by atoms with Crippen LogP contribution in [0.2, 0.25) is 0 Å². The second kappa shape index (κ2) is 7.35. The van der Waals surface area contributed by atoms with E-state index in [1.54, 1.807) is 56.7 Å². The summed E-state index contributed by atoms with van der Waals surface area (Å²) in [7, 11) is 4.69. The van der Waals surface area contributed by atoms with Crippen LogP contribution in [0, 0.1) is 0 Å². The highest BCUT2D eigenvalue weighted by molar-refractivity contribution is 6.07. The lowest BCUT2D eigenvalue weighted by atomic mass is 10.1. The van der Waals surface area contributed by atoms with Crippen LogP contribution in [0.25, 0.3) is 6.08 Å². The molecule has 0 radical (unpaired) electrons. The van der Waals surface area contributed by atoms with E-state index in [1.807, 2.05) is 0 Å². The van der Waals surface area contributed by atoms with E-state index in [0.717, 1.165) is 5.56 Å². The van der Waals surface area contributed by atoms with E-state index in [9.17, 15) is 4.79 Å². The largest absolute Gasteiger partial charge is 0.497 e. The van der Waals surface area contributed by atoms with Crippen molar-refractivity contribution in [3.8, 4) is 17.2 Å². The number of ether oxygens (including phenoxy) is 3. The molecule has 0 unspecified atom stereocenters. The van der Waals surface area contributed by atoms with Crippen LogP contribution in [-0.4, -0.2) is 27.1 Å². The maximum absolute atomic E-state index is 12.3. The molecule has 2 N–H and O–H groups in total. The van der Waals surface area contributed by atoms with Gasteiger partial charge < -0.3 is 19.9 Å². The van der Waals surface area contributed by atoms with Crippen LogP contribution >= 0.6 is 0 Å². The van der Waals surface area contributed by atoms with Gasteiger partial charge in [-0.15, -0.1) is 0 Å². The zero-order chi connectivity index (χ0) is 16.8. The van der Waals surface area contributed by atoms with Gasteiger partial charge in [0.2, 0.25) is 0 Å². The van der Waals surface area contributed by atoms with E-state index < -0.39 is 0 Å². The Hall–Kier alpha value is -2.95. The van der Waals surface area contributed by atoms with Gasteiger partial charge in [-0.05, 0) is 48.6 Å². The van der Waals surface area contributed by atoms with E-state index in [2.05, 4.69) is 0 Å². The maximum Gasteiger partial charge on any atom is 0.185 e. The quantitative estimate of drug-likeness (QED) is 0.504. The molecule has 23 heavy (non-hydrogen) atoms.